The Bertz CT molecular complexity index is 71.5. The van der Waals surface area contributed by atoms with Crippen LogP contribution >= 0.6 is 0 Å². The zero-order valence-corrected chi connectivity index (χ0v) is 9.23. The van der Waals surface area contributed by atoms with E-state index in [1.54, 1.807) is 12.1 Å². The smallest absolute Gasteiger partial charge is 0.0868 e. The average molecular weight is 159 g/mol. The van der Waals surface area contributed by atoms with E-state index in [-0.39, 0.29) is 0 Å². The quantitative estimate of drug-likeness (QED) is 0.528. The molecule has 54 valence electrons. The van der Waals surface area contributed by atoms with E-state index in [1.165, 1.54) is 19.4 Å². The fourth-order valence-electron chi connectivity index (χ4n) is 1.39. The number of rotatable bonds is 3. The molecule has 1 aliphatic heterocycles. The van der Waals surface area contributed by atoms with Crippen molar-refractivity contribution in [2.75, 3.05) is 6.54 Å². The van der Waals surface area contributed by atoms with Crippen molar-refractivity contribution in [1.29, 1.82) is 0 Å². The van der Waals surface area contributed by atoms with Gasteiger partial charge in [0.05, 0.1) is 19.4 Å². The molecule has 1 aliphatic rings. The second-order valence-electron chi connectivity index (χ2n) is 2.90. The van der Waals surface area contributed by atoms with E-state index in [4.69, 9.17) is 0 Å². The minimum absolute atomic E-state index is 0.332. The number of nitrogens with zero attached hydrogens (tertiary/aromatic N) is 1. The number of unbranched alkanes of at least 4 members (excludes halogenated alkanes) is 1. The van der Waals surface area contributed by atoms with Gasteiger partial charge in [-0.25, -0.2) is 0 Å². The second kappa shape index (κ2) is 4.25. The van der Waals surface area contributed by atoms with Gasteiger partial charge >= 0.3 is 0 Å². The van der Waals surface area contributed by atoms with E-state index < -0.39 is 0 Å². The van der Waals surface area contributed by atoms with Crippen LogP contribution in [0.25, 0.3) is 0 Å². The lowest BCUT2D eigenvalue weighted by atomic mass is 10.3. The molecule has 0 amide bonds. The molecule has 0 bridgehead atoms. The highest BCUT2D eigenvalue weighted by Crippen LogP contribution is 2.05. The number of hydrogen-bond acceptors (Lipinski definition) is 1. The molecular weight excluding hydrogens is 142 g/mol. The lowest BCUT2D eigenvalue weighted by Crippen LogP contribution is -2.25. The molecule has 0 atom stereocenters. The molecule has 0 aromatic carbocycles. The summed E-state index contributed by atoms with van der Waals surface area (Å²) in [4.78, 5) is 0. The average Bonchev–Trinajstić information content (AvgIpc) is 2.34. The molecule has 1 heterocycles. The Hall–Kier alpha value is 0.394. The first-order valence-electron chi connectivity index (χ1n) is 4.16. The Balaban J connectivity index is 1.98. The molecule has 3 heteroatoms. The Labute approximate surface area is 62.6 Å². The van der Waals surface area contributed by atoms with E-state index >= 15 is 0 Å². The molecule has 0 radical (unpaired) electrons. The highest BCUT2D eigenvalue weighted by atomic mass is 28.3. The van der Waals surface area contributed by atoms with Crippen LogP contribution in [0.1, 0.15) is 19.8 Å². The van der Waals surface area contributed by atoms with E-state index in [2.05, 4.69) is 11.2 Å². The second-order valence-corrected chi connectivity index (χ2v) is 7.89. The molecule has 9 heavy (non-hydrogen) atoms. The third kappa shape index (κ3) is 2.64. The van der Waals surface area contributed by atoms with Crippen molar-refractivity contribution < 1.29 is 0 Å². The van der Waals surface area contributed by atoms with Gasteiger partial charge in [-0.1, -0.05) is 25.4 Å². The van der Waals surface area contributed by atoms with Gasteiger partial charge in [0, 0.05) is 0 Å². The normalized spacial score (nSPS) is 26.3. The van der Waals surface area contributed by atoms with Gasteiger partial charge in [-0.15, -0.1) is 0 Å². The van der Waals surface area contributed by atoms with Crippen molar-refractivity contribution in [3.63, 3.8) is 0 Å². The summed E-state index contributed by atoms with van der Waals surface area (Å²) in [5.41, 5.74) is 0. The standard InChI is InChI=1S/C6H17NSi2/c1-2-3-4-7-8-5-6-9-7/h2-6,8-9H2,1H3. The van der Waals surface area contributed by atoms with Crippen molar-refractivity contribution in [2.24, 2.45) is 0 Å². The fourth-order valence-corrected chi connectivity index (χ4v) is 7.20. The predicted octanol–water partition coefficient (Wildman–Crippen LogP) is 0.106. The van der Waals surface area contributed by atoms with Gasteiger partial charge in [0.2, 0.25) is 0 Å². The van der Waals surface area contributed by atoms with Gasteiger partial charge in [0.1, 0.15) is 0 Å². The summed E-state index contributed by atoms with van der Waals surface area (Å²) in [6, 6.07) is 3.27. The fraction of sp³-hybridized carbons (Fsp3) is 1.00. The highest BCUT2D eigenvalue weighted by Gasteiger charge is 2.10. The van der Waals surface area contributed by atoms with Crippen molar-refractivity contribution in [1.82, 2.24) is 4.23 Å². The van der Waals surface area contributed by atoms with Crippen LogP contribution in [0.2, 0.25) is 12.1 Å². The third-order valence-corrected chi connectivity index (χ3v) is 8.45. The van der Waals surface area contributed by atoms with Gasteiger partial charge in [-0.05, 0) is 13.0 Å². The first-order valence-corrected chi connectivity index (χ1v) is 7.42. The molecule has 0 aromatic heterocycles. The SMILES string of the molecule is CCCCN1[SiH2]CC[SiH2]1. The Morgan fingerprint density at radius 2 is 2.00 bits per heavy atom. The lowest BCUT2D eigenvalue weighted by molar-refractivity contribution is 0.624. The third-order valence-electron chi connectivity index (χ3n) is 2.03. The van der Waals surface area contributed by atoms with Crippen LogP contribution < -0.4 is 0 Å². The van der Waals surface area contributed by atoms with Gasteiger partial charge in [0.25, 0.3) is 0 Å². The molecule has 0 N–H and O–H groups in total. The molecule has 0 aliphatic carbocycles. The maximum Gasteiger partial charge on any atom is 0.0868 e. The summed E-state index contributed by atoms with van der Waals surface area (Å²) in [5, 5.41) is 0. The van der Waals surface area contributed by atoms with Crippen LogP contribution in [0.3, 0.4) is 0 Å². The maximum atomic E-state index is 2.85. The van der Waals surface area contributed by atoms with Gasteiger partial charge in [-0.3, -0.25) is 0 Å². The largest absolute Gasteiger partial charge is 0.355 e. The van der Waals surface area contributed by atoms with Gasteiger partial charge in [0.15, 0.2) is 0 Å². The summed E-state index contributed by atoms with van der Waals surface area (Å²) in [6.45, 7) is 3.76. The molecule has 0 unspecified atom stereocenters. The van der Waals surface area contributed by atoms with Crippen LogP contribution in [0, 0.1) is 0 Å². The molecule has 0 spiro atoms. The van der Waals surface area contributed by atoms with Gasteiger partial charge in [-0.2, -0.15) is 0 Å². The maximum absolute atomic E-state index is 2.85. The number of hydrogen-bond donors (Lipinski definition) is 0. The molecule has 1 rings (SSSR count). The topological polar surface area (TPSA) is 3.24 Å². The van der Waals surface area contributed by atoms with Crippen LogP contribution in [0.4, 0.5) is 0 Å². The van der Waals surface area contributed by atoms with Crippen LogP contribution in [-0.2, 0) is 0 Å². The van der Waals surface area contributed by atoms with Crippen LogP contribution in [0.15, 0.2) is 0 Å². The first-order chi connectivity index (χ1) is 4.43. The van der Waals surface area contributed by atoms with E-state index in [0.29, 0.717) is 19.4 Å². The lowest BCUT2D eigenvalue weighted by Gasteiger charge is -2.12. The molecular formula is C6H17NSi2. The van der Waals surface area contributed by atoms with Crippen molar-refractivity contribution in [3.05, 3.63) is 0 Å². The van der Waals surface area contributed by atoms with Crippen molar-refractivity contribution in [3.8, 4) is 0 Å². The minimum atomic E-state index is 0.332. The Morgan fingerprint density at radius 1 is 1.33 bits per heavy atom. The molecule has 0 aromatic rings. The zero-order chi connectivity index (χ0) is 6.53. The summed E-state index contributed by atoms with van der Waals surface area (Å²) >= 11 is 0. The Morgan fingerprint density at radius 3 is 2.56 bits per heavy atom. The van der Waals surface area contributed by atoms with Crippen molar-refractivity contribution >= 4 is 19.4 Å². The summed E-state index contributed by atoms with van der Waals surface area (Å²) < 4.78 is 2.85. The predicted molar refractivity (Wildman–Crippen MR) is 48.3 cm³/mol. The Kier molecular flexibility index (Phi) is 3.54. The van der Waals surface area contributed by atoms with Crippen molar-refractivity contribution in [2.45, 2.75) is 31.9 Å². The highest BCUT2D eigenvalue weighted by molar-refractivity contribution is 6.56. The first kappa shape index (κ1) is 7.50. The monoisotopic (exact) mass is 159 g/mol. The molecule has 0 saturated carbocycles. The van der Waals surface area contributed by atoms with Gasteiger partial charge < -0.3 is 4.23 Å². The van der Waals surface area contributed by atoms with E-state index in [9.17, 15) is 0 Å². The minimum Gasteiger partial charge on any atom is -0.355 e. The summed E-state index contributed by atoms with van der Waals surface area (Å²) in [7, 11) is 0.664. The van der Waals surface area contributed by atoms with Crippen LogP contribution in [0.5, 0.6) is 0 Å². The summed E-state index contributed by atoms with van der Waals surface area (Å²) in [6.07, 6.45) is 2.85. The summed E-state index contributed by atoms with van der Waals surface area (Å²) in [5.74, 6) is 0. The molecule has 1 fully saturated rings. The van der Waals surface area contributed by atoms with E-state index in [1.807, 2.05) is 0 Å². The van der Waals surface area contributed by atoms with Crippen LogP contribution in [-0.4, -0.2) is 30.1 Å². The molecule has 1 saturated heterocycles. The van der Waals surface area contributed by atoms with E-state index in [0.717, 1.165) is 0 Å². The molecule has 1 nitrogen and oxygen atoms in total. The zero-order valence-electron chi connectivity index (χ0n) is 6.40.